The first-order valence-electron chi connectivity index (χ1n) is 11.5. The summed E-state index contributed by atoms with van der Waals surface area (Å²) in [6.07, 6.45) is 1.23. The van der Waals surface area contributed by atoms with E-state index < -0.39 is 22.3 Å². The van der Waals surface area contributed by atoms with Crippen molar-refractivity contribution in [3.8, 4) is 28.7 Å². The summed E-state index contributed by atoms with van der Waals surface area (Å²) in [5.74, 6) is -1.23. The Morgan fingerprint density at radius 2 is 1.83 bits per heavy atom. The number of aromatic hydroxyl groups is 1. The van der Waals surface area contributed by atoms with E-state index in [9.17, 15) is 25.3 Å². The summed E-state index contributed by atoms with van der Waals surface area (Å²) in [4.78, 5) is 25.1. The first kappa shape index (κ1) is 26.0. The highest BCUT2D eigenvalue weighted by molar-refractivity contribution is 6.01. The maximum atomic E-state index is 12.5. The van der Waals surface area contributed by atoms with Gasteiger partial charge < -0.3 is 14.7 Å². The highest BCUT2D eigenvalue weighted by atomic mass is 16.6. The number of carbonyl (C=O) groups is 1. The predicted molar refractivity (Wildman–Crippen MR) is 137 cm³/mol. The summed E-state index contributed by atoms with van der Waals surface area (Å²) in [5, 5.41) is 31.8. The summed E-state index contributed by atoms with van der Waals surface area (Å²) < 4.78 is 5.74. The molecule has 3 rings (SSSR count). The Balaban J connectivity index is 1.93. The summed E-state index contributed by atoms with van der Waals surface area (Å²) >= 11 is 0. The topological polar surface area (TPSA) is 117 Å². The number of ether oxygens (including phenoxy) is 1. The molecule has 0 unspecified atom stereocenters. The Hall–Kier alpha value is -4.64. The van der Waals surface area contributed by atoms with Gasteiger partial charge in [0.25, 0.3) is 5.91 Å². The van der Waals surface area contributed by atoms with Crippen molar-refractivity contribution in [3.63, 3.8) is 0 Å². The van der Waals surface area contributed by atoms with Gasteiger partial charge in [-0.2, -0.15) is 5.26 Å². The van der Waals surface area contributed by atoms with E-state index in [-0.39, 0.29) is 23.5 Å². The molecule has 0 bridgehead atoms. The first-order valence-corrected chi connectivity index (χ1v) is 11.5. The third kappa shape index (κ3) is 5.70. The summed E-state index contributed by atoms with van der Waals surface area (Å²) in [6.45, 7) is 6.35. The number of hydrogen-bond acceptors (Lipinski definition) is 6. The Morgan fingerprint density at radius 1 is 1.14 bits per heavy atom. The third-order valence-corrected chi connectivity index (χ3v) is 5.88. The Labute approximate surface area is 209 Å². The van der Waals surface area contributed by atoms with Crippen molar-refractivity contribution in [2.24, 2.45) is 0 Å². The number of phenolic OH excluding ortho intramolecular Hbond substituents is 1. The normalized spacial score (nSPS) is 11.0. The Morgan fingerprint density at radius 3 is 2.44 bits per heavy atom. The van der Waals surface area contributed by atoms with Gasteiger partial charge in [-0.05, 0) is 60.7 Å². The van der Waals surface area contributed by atoms with Crippen LogP contribution in [0.3, 0.4) is 0 Å². The van der Waals surface area contributed by atoms with Gasteiger partial charge >= 0.3 is 5.69 Å². The number of nitrogens with zero attached hydrogens (tertiary/aromatic N) is 3. The minimum atomic E-state index is -0.669. The van der Waals surface area contributed by atoms with Gasteiger partial charge in [0.1, 0.15) is 18.2 Å². The summed E-state index contributed by atoms with van der Waals surface area (Å²) in [7, 11) is 0. The van der Waals surface area contributed by atoms with Crippen molar-refractivity contribution in [3.05, 3.63) is 93.0 Å². The number of carbonyl (C=O) groups excluding carboxylic acids is 1. The number of nitriles is 1. The number of likely N-dealkylation sites (N-methyl/N-ethyl adjacent to an activating group) is 1. The maximum absolute atomic E-state index is 12.5. The van der Waals surface area contributed by atoms with Crippen LogP contribution in [0.5, 0.6) is 11.5 Å². The van der Waals surface area contributed by atoms with E-state index in [0.29, 0.717) is 13.1 Å². The molecule has 0 radical (unpaired) electrons. The zero-order valence-corrected chi connectivity index (χ0v) is 20.4. The van der Waals surface area contributed by atoms with Crippen LogP contribution in [0.15, 0.2) is 66.2 Å². The number of amides is 1. The van der Waals surface area contributed by atoms with Gasteiger partial charge in [-0.1, -0.05) is 48.5 Å². The minimum absolute atomic E-state index is 0.0000155. The molecule has 36 heavy (non-hydrogen) atoms. The van der Waals surface area contributed by atoms with Crippen LogP contribution in [0, 0.1) is 28.4 Å². The van der Waals surface area contributed by atoms with Crippen molar-refractivity contribution in [1.29, 1.82) is 5.26 Å². The standard InChI is InChI=1S/C28H27N3O5/c1-4-30(5-2)28(33)23(17-29)14-20-15-25(31(34)35)27(26(32)16-20)36-18-22-12-9-13-24(19(22)3)21-10-7-6-8-11-21/h6-16,32H,4-5,18H2,1-3H3/b23-14+. The van der Waals surface area contributed by atoms with Crippen molar-refractivity contribution >= 4 is 17.7 Å². The second-order valence-corrected chi connectivity index (χ2v) is 8.04. The molecular weight excluding hydrogens is 458 g/mol. The second-order valence-electron chi connectivity index (χ2n) is 8.04. The fourth-order valence-corrected chi connectivity index (χ4v) is 3.90. The van der Waals surface area contributed by atoms with Crippen LogP contribution in [0.25, 0.3) is 17.2 Å². The SMILES string of the molecule is CCN(CC)C(=O)/C(C#N)=C/c1cc(O)c(OCc2cccc(-c3ccccc3)c2C)c([N+](=O)[O-])c1. The number of nitro groups is 1. The molecule has 3 aromatic rings. The van der Waals surface area contributed by atoms with Crippen LogP contribution in [0.4, 0.5) is 5.69 Å². The number of benzene rings is 3. The van der Waals surface area contributed by atoms with Gasteiger partial charge in [-0.25, -0.2) is 0 Å². The highest BCUT2D eigenvalue weighted by Gasteiger charge is 2.23. The zero-order chi connectivity index (χ0) is 26.2. The van der Waals surface area contributed by atoms with Gasteiger partial charge in [0.15, 0.2) is 5.75 Å². The molecule has 1 amide bonds. The highest BCUT2D eigenvalue weighted by Crippen LogP contribution is 2.39. The monoisotopic (exact) mass is 485 g/mol. The second kappa shape index (κ2) is 11.7. The zero-order valence-electron chi connectivity index (χ0n) is 20.4. The number of rotatable bonds is 9. The molecule has 0 saturated carbocycles. The molecule has 0 aliphatic carbocycles. The van der Waals surface area contributed by atoms with E-state index in [1.54, 1.807) is 13.8 Å². The van der Waals surface area contributed by atoms with Gasteiger partial charge in [-0.15, -0.1) is 0 Å². The molecule has 0 spiro atoms. The predicted octanol–water partition coefficient (Wildman–Crippen LogP) is 5.63. The van der Waals surface area contributed by atoms with Crippen LogP contribution < -0.4 is 4.74 Å². The number of hydrogen-bond donors (Lipinski definition) is 1. The molecule has 0 saturated heterocycles. The van der Waals surface area contributed by atoms with Gasteiger partial charge in [0.2, 0.25) is 5.75 Å². The average molecular weight is 486 g/mol. The quantitative estimate of drug-likeness (QED) is 0.182. The van der Waals surface area contributed by atoms with Crippen LogP contribution >= 0.6 is 0 Å². The molecule has 0 aliphatic rings. The van der Waals surface area contributed by atoms with E-state index in [0.717, 1.165) is 22.3 Å². The Bertz CT molecular complexity index is 1340. The average Bonchev–Trinajstić information content (AvgIpc) is 2.88. The van der Waals surface area contributed by atoms with E-state index in [1.807, 2.05) is 61.5 Å². The molecule has 0 atom stereocenters. The number of nitro benzene ring substituents is 1. The first-order chi connectivity index (χ1) is 17.3. The third-order valence-electron chi connectivity index (χ3n) is 5.88. The van der Waals surface area contributed by atoms with Crippen molar-refractivity contribution in [2.45, 2.75) is 27.4 Å². The molecule has 8 nitrogen and oxygen atoms in total. The smallest absolute Gasteiger partial charge is 0.315 e. The molecule has 0 fully saturated rings. The molecule has 3 aromatic carbocycles. The molecule has 184 valence electrons. The molecule has 0 aromatic heterocycles. The van der Waals surface area contributed by atoms with Crippen LogP contribution in [0.2, 0.25) is 0 Å². The lowest BCUT2D eigenvalue weighted by molar-refractivity contribution is -0.386. The van der Waals surface area contributed by atoms with Crippen LogP contribution in [0.1, 0.15) is 30.5 Å². The van der Waals surface area contributed by atoms with Gasteiger partial charge in [-0.3, -0.25) is 14.9 Å². The largest absolute Gasteiger partial charge is 0.504 e. The lowest BCUT2D eigenvalue weighted by atomic mass is 9.97. The molecule has 0 aliphatic heterocycles. The van der Waals surface area contributed by atoms with E-state index in [1.165, 1.54) is 23.1 Å². The van der Waals surface area contributed by atoms with Gasteiger partial charge in [0.05, 0.1) is 4.92 Å². The minimum Gasteiger partial charge on any atom is -0.504 e. The maximum Gasteiger partial charge on any atom is 0.315 e. The number of phenols is 1. The van der Waals surface area contributed by atoms with Crippen molar-refractivity contribution in [1.82, 2.24) is 4.90 Å². The van der Waals surface area contributed by atoms with Crippen molar-refractivity contribution < 1.29 is 19.6 Å². The molecular formula is C28H27N3O5. The lowest BCUT2D eigenvalue weighted by Gasteiger charge is -2.17. The lowest BCUT2D eigenvalue weighted by Crippen LogP contribution is -2.31. The van der Waals surface area contributed by atoms with E-state index in [4.69, 9.17) is 4.74 Å². The van der Waals surface area contributed by atoms with E-state index >= 15 is 0 Å². The fourth-order valence-electron chi connectivity index (χ4n) is 3.90. The molecule has 0 heterocycles. The van der Waals surface area contributed by atoms with Crippen LogP contribution in [-0.4, -0.2) is 33.9 Å². The van der Waals surface area contributed by atoms with E-state index in [2.05, 4.69) is 0 Å². The van der Waals surface area contributed by atoms with Crippen LogP contribution in [-0.2, 0) is 11.4 Å². The summed E-state index contributed by atoms with van der Waals surface area (Å²) in [6, 6.07) is 19.8. The fraction of sp³-hybridized carbons (Fsp3) is 0.214. The van der Waals surface area contributed by atoms with Crippen molar-refractivity contribution in [2.75, 3.05) is 13.1 Å². The summed E-state index contributed by atoms with van der Waals surface area (Å²) in [5.41, 5.74) is 3.31. The Kier molecular flexibility index (Phi) is 8.42. The molecule has 1 N–H and O–H groups in total. The van der Waals surface area contributed by atoms with Gasteiger partial charge in [0, 0.05) is 19.2 Å². The molecule has 8 heteroatoms.